The summed E-state index contributed by atoms with van der Waals surface area (Å²) < 4.78 is 0. The molecule has 2 heterocycles. The van der Waals surface area contributed by atoms with Gasteiger partial charge in [0.2, 0.25) is 0 Å². The molecule has 2 aliphatic heterocycles. The summed E-state index contributed by atoms with van der Waals surface area (Å²) in [6.07, 6.45) is 3.06. The number of aliphatic hydroxyl groups is 1. The summed E-state index contributed by atoms with van der Waals surface area (Å²) in [5.41, 5.74) is 4.16. The van der Waals surface area contributed by atoms with E-state index in [4.69, 9.17) is 0 Å². The molecule has 2 atom stereocenters. The minimum atomic E-state index is -0.0488. The Kier molecular flexibility index (Phi) is 5.26. The molecule has 0 saturated carbocycles. The van der Waals surface area contributed by atoms with Crippen molar-refractivity contribution >= 4 is 5.91 Å². The van der Waals surface area contributed by atoms with Crippen LogP contribution in [0.2, 0.25) is 0 Å². The number of fused-ring (bicyclic) bond motifs is 1. The van der Waals surface area contributed by atoms with Crippen molar-refractivity contribution in [3.63, 3.8) is 0 Å². The lowest BCUT2D eigenvalue weighted by Gasteiger charge is -2.53. The van der Waals surface area contributed by atoms with E-state index >= 15 is 0 Å². The summed E-state index contributed by atoms with van der Waals surface area (Å²) in [5.74, 6) is 0.0981. The molecule has 4 heteroatoms. The van der Waals surface area contributed by atoms with E-state index in [2.05, 4.69) is 37.1 Å². The number of carbonyl (C=O) groups excluding carboxylic acids is 1. The molecule has 0 aliphatic carbocycles. The number of aliphatic hydroxyl groups excluding tert-OH is 1. The molecule has 0 bridgehead atoms. The van der Waals surface area contributed by atoms with Gasteiger partial charge in [-0.2, -0.15) is 0 Å². The average molecular weight is 379 g/mol. The normalized spacial score (nSPS) is 25.4. The third kappa shape index (κ3) is 3.36. The van der Waals surface area contributed by atoms with E-state index in [1.165, 1.54) is 11.1 Å². The quantitative estimate of drug-likeness (QED) is 0.888. The topological polar surface area (TPSA) is 43.8 Å². The standard InChI is InChI=1S/C24H30N2O2/c1-18-7-3-4-10-21(18)19-8-5-9-20(15-19)23(28)26-14-12-24(17-27)11-6-13-25(2)22(24)16-26/h3-5,7-10,15,22,27H,6,11-14,16-17H2,1-2H3/t22-,24-/m1/s1. The zero-order chi connectivity index (χ0) is 19.7. The van der Waals surface area contributed by atoms with Crippen LogP contribution in [0.15, 0.2) is 48.5 Å². The van der Waals surface area contributed by atoms with Gasteiger partial charge >= 0.3 is 0 Å². The molecule has 2 aromatic carbocycles. The molecule has 0 radical (unpaired) electrons. The van der Waals surface area contributed by atoms with Crippen LogP contribution in [0.25, 0.3) is 11.1 Å². The van der Waals surface area contributed by atoms with E-state index in [1.54, 1.807) is 0 Å². The second-order valence-corrected chi connectivity index (χ2v) is 8.52. The van der Waals surface area contributed by atoms with Crippen molar-refractivity contribution in [2.75, 3.05) is 33.3 Å². The van der Waals surface area contributed by atoms with Gasteiger partial charge in [-0.1, -0.05) is 36.4 Å². The molecule has 1 amide bonds. The van der Waals surface area contributed by atoms with Crippen LogP contribution in [0.5, 0.6) is 0 Å². The number of hydrogen-bond acceptors (Lipinski definition) is 3. The summed E-state index contributed by atoms with van der Waals surface area (Å²) in [6.45, 7) is 4.77. The Morgan fingerprint density at radius 3 is 2.75 bits per heavy atom. The van der Waals surface area contributed by atoms with E-state index < -0.39 is 0 Å². The molecule has 2 aromatic rings. The Bertz CT molecular complexity index is 865. The molecule has 28 heavy (non-hydrogen) atoms. The predicted octanol–water partition coefficient (Wildman–Crippen LogP) is 3.58. The summed E-state index contributed by atoms with van der Waals surface area (Å²) >= 11 is 0. The summed E-state index contributed by atoms with van der Waals surface area (Å²) in [4.78, 5) is 17.6. The maximum atomic E-state index is 13.3. The highest BCUT2D eigenvalue weighted by atomic mass is 16.3. The first-order valence-electron chi connectivity index (χ1n) is 10.3. The predicted molar refractivity (Wildman–Crippen MR) is 112 cm³/mol. The number of hydrogen-bond donors (Lipinski definition) is 1. The largest absolute Gasteiger partial charge is 0.396 e. The summed E-state index contributed by atoms with van der Waals surface area (Å²) in [7, 11) is 2.13. The first kappa shape index (κ1) is 19.2. The number of amides is 1. The summed E-state index contributed by atoms with van der Waals surface area (Å²) in [6, 6.07) is 16.5. The molecule has 2 fully saturated rings. The van der Waals surface area contributed by atoms with Crippen LogP contribution in [0.4, 0.5) is 0 Å². The number of likely N-dealkylation sites (tertiary alicyclic amines) is 2. The van der Waals surface area contributed by atoms with E-state index in [0.29, 0.717) is 6.54 Å². The Labute approximate surface area is 167 Å². The minimum Gasteiger partial charge on any atom is -0.396 e. The van der Waals surface area contributed by atoms with Crippen molar-refractivity contribution in [2.24, 2.45) is 5.41 Å². The highest BCUT2D eigenvalue weighted by molar-refractivity contribution is 5.95. The van der Waals surface area contributed by atoms with Crippen molar-refractivity contribution < 1.29 is 9.90 Å². The van der Waals surface area contributed by atoms with Crippen LogP contribution in [-0.4, -0.2) is 60.1 Å². The van der Waals surface area contributed by atoms with Gasteiger partial charge in [0.15, 0.2) is 0 Å². The smallest absolute Gasteiger partial charge is 0.253 e. The van der Waals surface area contributed by atoms with Crippen LogP contribution in [0.3, 0.4) is 0 Å². The van der Waals surface area contributed by atoms with Gasteiger partial charge in [-0.25, -0.2) is 0 Å². The van der Waals surface area contributed by atoms with Gasteiger partial charge in [0.1, 0.15) is 0 Å². The molecule has 0 aromatic heterocycles. The number of rotatable bonds is 3. The molecular formula is C24H30N2O2. The number of benzene rings is 2. The van der Waals surface area contributed by atoms with Gasteiger partial charge < -0.3 is 14.9 Å². The molecule has 2 saturated heterocycles. The van der Waals surface area contributed by atoms with E-state index in [-0.39, 0.29) is 24.0 Å². The second-order valence-electron chi connectivity index (χ2n) is 8.52. The minimum absolute atomic E-state index is 0.0488. The molecule has 1 N–H and O–H groups in total. The average Bonchev–Trinajstić information content (AvgIpc) is 2.73. The van der Waals surface area contributed by atoms with Crippen molar-refractivity contribution in [2.45, 2.75) is 32.2 Å². The lowest BCUT2D eigenvalue weighted by Crippen LogP contribution is -2.62. The highest BCUT2D eigenvalue weighted by Crippen LogP contribution is 2.41. The molecule has 0 spiro atoms. The molecule has 4 rings (SSSR count). The maximum absolute atomic E-state index is 13.3. The van der Waals surface area contributed by atoms with E-state index in [9.17, 15) is 9.90 Å². The third-order valence-corrected chi connectivity index (χ3v) is 6.87. The van der Waals surface area contributed by atoms with Gasteiger partial charge in [0, 0.05) is 30.1 Å². The fourth-order valence-electron chi connectivity index (χ4n) is 5.10. The SMILES string of the molecule is Cc1ccccc1-c1cccc(C(=O)N2CC[C@@]3(CO)CCCN(C)[C@@H]3C2)c1. The zero-order valence-corrected chi connectivity index (χ0v) is 16.9. The number of likely N-dealkylation sites (N-methyl/N-ethyl adjacent to an activating group) is 1. The molecule has 0 unspecified atom stereocenters. The van der Waals surface area contributed by atoms with Crippen molar-refractivity contribution in [1.82, 2.24) is 9.80 Å². The Morgan fingerprint density at radius 1 is 1.14 bits per heavy atom. The van der Waals surface area contributed by atoms with Crippen LogP contribution in [0, 0.1) is 12.3 Å². The van der Waals surface area contributed by atoms with Gasteiger partial charge in [-0.3, -0.25) is 4.79 Å². The van der Waals surface area contributed by atoms with Gasteiger partial charge in [0.05, 0.1) is 6.61 Å². The van der Waals surface area contributed by atoms with Gasteiger partial charge in [-0.05, 0) is 68.6 Å². The first-order valence-corrected chi connectivity index (χ1v) is 10.3. The van der Waals surface area contributed by atoms with E-state index in [1.807, 2.05) is 35.2 Å². The first-order chi connectivity index (χ1) is 13.5. The van der Waals surface area contributed by atoms with Crippen LogP contribution >= 0.6 is 0 Å². The number of carbonyl (C=O) groups is 1. The Hall–Kier alpha value is -2.17. The van der Waals surface area contributed by atoms with Crippen molar-refractivity contribution in [1.29, 1.82) is 0 Å². The van der Waals surface area contributed by atoms with Gasteiger partial charge in [0.25, 0.3) is 5.91 Å². The van der Waals surface area contributed by atoms with Crippen LogP contribution in [0.1, 0.15) is 35.2 Å². The molecule has 2 aliphatic rings. The Balaban J connectivity index is 1.57. The highest BCUT2D eigenvalue weighted by Gasteiger charge is 2.47. The molecule has 148 valence electrons. The third-order valence-electron chi connectivity index (χ3n) is 6.87. The van der Waals surface area contributed by atoms with E-state index in [0.717, 1.165) is 43.5 Å². The Morgan fingerprint density at radius 2 is 1.96 bits per heavy atom. The second kappa shape index (κ2) is 7.69. The fourth-order valence-corrected chi connectivity index (χ4v) is 5.10. The monoisotopic (exact) mass is 378 g/mol. The maximum Gasteiger partial charge on any atom is 0.253 e. The number of piperidine rings is 2. The number of nitrogens with zero attached hydrogens (tertiary/aromatic N) is 2. The zero-order valence-electron chi connectivity index (χ0n) is 16.9. The van der Waals surface area contributed by atoms with Gasteiger partial charge in [-0.15, -0.1) is 0 Å². The number of aryl methyl sites for hydroxylation is 1. The van der Waals surface area contributed by atoms with Crippen LogP contribution in [-0.2, 0) is 0 Å². The van der Waals surface area contributed by atoms with Crippen molar-refractivity contribution in [3.8, 4) is 11.1 Å². The van der Waals surface area contributed by atoms with Crippen LogP contribution < -0.4 is 0 Å². The van der Waals surface area contributed by atoms with Crippen molar-refractivity contribution in [3.05, 3.63) is 59.7 Å². The molecular weight excluding hydrogens is 348 g/mol. The fraction of sp³-hybridized carbons (Fsp3) is 0.458. The summed E-state index contributed by atoms with van der Waals surface area (Å²) in [5, 5.41) is 10.1. The lowest BCUT2D eigenvalue weighted by molar-refractivity contribution is -0.0601. The lowest BCUT2D eigenvalue weighted by atomic mass is 9.69. The molecule has 4 nitrogen and oxygen atoms in total.